The summed E-state index contributed by atoms with van der Waals surface area (Å²) in [6.07, 6.45) is 3.79. The van der Waals surface area contributed by atoms with Gasteiger partial charge < -0.3 is 4.98 Å². The maximum atomic E-state index is 13.5. The van der Waals surface area contributed by atoms with Crippen LogP contribution in [0.3, 0.4) is 0 Å². The molecule has 0 radical (unpaired) electrons. The lowest BCUT2D eigenvalue weighted by molar-refractivity contribution is 0.604. The number of hydrogen-bond donors (Lipinski definition) is 1. The molecule has 0 aliphatic rings. The van der Waals surface area contributed by atoms with Gasteiger partial charge in [0, 0.05) is 29.4 Å². The van der Waals surface area contributed by atoms with Crippen LogP contribution in [0, 0.1) is 5.82 Å². The van der Waals surface area contributed by atoms with E-state index in [-0.39, 0.29) is 5.82 Å². The van der Waals surface area contributed by atoms with Gasteiger partial charge in [0.05, 0.1) is 5.38 Å². The molecule has 0 saturated carbocycles. The molecule has 0 spiro atoms. The average Bonchev–Trinajstić information content (AvgIpc) is 2.70. The van der Waals surface area contributed by atoms with Gasteiger partial charge in [-0.1, -0.05) is 17.7 Å². The zero-order valence-electron chi connectivity index (χ0n) is 8.25. The molecule has 0 aliphatic carbocycles. The molecule has 2 rings (SSSR count). The van der Waals surface area contributed by atoms with Gasteiger partial charge in [-0.25, -0.2) is 9.37 Å². The van der Waals surface area contributed by atoms with Gasteiger partial charge in [0.2, 0.25) is 0 Å². The van der Waals surface area contributed by atoms with Crippen molar-refractivity contribution in [3.8, 4) is 0 Å². The van der Waals surface area contributed by atoms with E-state index in [4.69, 9.17) is 23.2 Å². The minimum absolute atomic E-state index is 0.364. The van der Waals surface area contributed by atoms with Crippen LogP contribution >= 0.6 is 23.2 Å². The third kappa shape index (κ3) is 2.54. The maximum Gasteiger partial charge on any atom is 0.129 e. The second-order valence-corrected chi connectivity index (χ2v) is 4.34. The fourth-order valence-corrected chi connectivity index (χ4v) is 1.93. The Balaban J connectivity index is 2.17. The van der Waals surface area contributed by atoms with Crippen molar-refractivity contribution in [3.05, 3.63) is 52.8 Å². The Kier molecular flexibility index (Phi) is 3.46. The summed E-state index contributed by atoms with van der Waals surface area (Å²) in [5, 5.41) is -0.0912. The fraction of sp³-hybridized carbons (Fsp3) is 0.182. The highest BCUT2D eigenvalue weighted by Crippen LogP contribution is 2.27. The van der Waals surface area contributed by atoms with Gasteiger partial charge in [-0.05, 0) is 12.1 Å². The summed E-state index contributed by atoms with van der Waals surface area (Å²) in [7, 11) is 0. The molecule has 2 aromatic rings. The molecule has 1 aromatic heterocycles. The van der Waals surface area contributed by atoms with Crippen molar-refractivity contribution in [2.24, 2.45) is 0 Å². The van der Waals surface area contributed by atoms with E-state index in [1.807, 2.05) is 0 Å². The topological polar surface area (TPSA) is 28.7 Å². The van der Waals surface area contributed by atoms with Crippen molar-refractivity contribution in [2.75, 3.05) is 0 Å². The number of alkyl halides is 1. The van der Waals surface area contributed by atoms with E-state index < -0.39 is 5.38 Å². The van der Waals surface area contributed by atoms with E-state index in [0.717, 1.165) is 5.82 Å². The smallest absolute Gasteiger partial charge is 0.129 e. The molecule has 2 nitrogen and oxygen atoms in total. The van der Waals surface area contributed by atoms with E-state index in [9.17, 15) is 4.39 Å². The van der Waals surface area contributed by atoms with Gasteiger partial charge in [-0.3, -0.25) is 0 Å². The molecular weight excluding hydrogens is 250 g/mol. The summed E-state index contributed by atoms with van der Waals surface area (Å²) in [6.45, 7) is 0. The van der Waals surface area contributed by atoms with Crippen LogP contribution in [-0.2, 0) is 6.42 Å². The molecule has 1 atom stereocenters. The summed E-state index contributed by atoms with van der Waals surface area (Å²) in [4.78, 5) is 6.97. The van der Waals surface area contributed by atoms with Crippen LogP contribution in [0.2, 0.25) is 5.02 Å². The third-order valence-corrected chi connectivity index (χ3v) is 2.85. The molecule has 1 unspecified atom stereocenters. The molecule has 0 bridgehead atoms. The summed E-state index contributed by atoms with van der Waals surface area (Å²) in [5.41, 5.74) is 0.433. The van der Waals surface area contributed by atoms with Crippen molar-refractivity contribution < 1.29 is 4.39 Å². The van der Waals surface area contributed by atoms with E-state index in [0.29, 0.717) is 17.0 Å². The third-order valence-electron chi connectivity index (χ3n) is 2.23. The Bertz CT molecular complexity index is 471. The zero-order valence-corrected chi connectivity index (χ0v) is 9.76. The zero-order chi connectivity index (χ0) is 11.5. The molecule has 5 heteroatoms. The number of halogens is 3. The number of H-pyrrole nitrogens is 1. The van der Waals surface area contributed by atoms with Crippen LogP contribution in [-0.4, -0.2) is 9.97 Å². The molecule has 0 aliphatic heterocycles. The number of aromatic nitrogens is 2. The second kappa shape index (κ2) is 4.85. The van der Waals surface area contributed by atoms with Crippen molar-refractivity contribution in [2.45, 2.75) is 11.8 Å². The Morgan fingerprint density at radius 2 is 2.25 bits per heavy atom. The number of hydrogen-bond acceptors (Lipinski definition) is 1. The molecular formula is C11H9Cl2FN2. The van der Waals surface area contributed by atoms with E-state index >= 15 is 0 Å². The van der Waals surface area contributed by atoms with Crippen LogP contribution in [0.1, 0.15) is 16.8 Å². The van der Waals surface area contributed by atoms with Gasteiger partial charge in [0.25, 0.3) is 0 Å². The predicted octanol–water partition coefficient (Wildman–Crippen LogP) is 3.72. The second-order valence-electron chi connectivity index (χ2n) is 3.37. The number of imidazole rings is 1. The highest BCUT2D eigenvalue weighted by Gasteiger charge is 2.14. The van der Waals surface area contributed by atoms with Crippen LogP contribution in [0.5, 0.6) is 0 Å². The first kappa shape index (κ1) is 11.4. The molecule has 84 valence electrons. The van der Waals surface area contributed by atoms with E-state index in [1.165, 1.54) is 6.07 Å². The van der Waals surface area contributed by atoms with Gasteiger partial charge in [-0.15, -0.1) is 11.6 Å². The van der Waals surface area contributed by atoms with Gasteiger partial charge >= 0.3 is 0 Å². The monoisotopic (exact) mass is 258 g/mol. The summed E-state index contributed by atoms with van der Waals surface area (Å²) in [5.74, 6) is 0.341. The number of aromatic amines is 1. The van der Waals surface area contributed by atoms with Gasteiger partial charge in [0.1, 0.15) is 11.6 Å². The van der Waals surface area contributed by atoms with Crippen molar-refractivity contribution in [1.29, 1.82) is 0 Å². The van der Waals surface area contributed by atoms with Gasteiger partial charge in [0.15, 0.2) is 0 Å². The number of nitrogens with zero attached hydrogens (tertiary/aromatic N) is 1. The van der Waals surface area contributed by atoms with Crippen molar-refractivity contribution >= 4 is 23.2 Å². The fourth-order valence-electron chi connectivity index (χ4n) is 1.44. The quantitative estimate of drug-likeness (QED) is 0.836. The standard InChI is InChI=1S/C11H9Cl2FN2/c12-7-1-2-8(10(14)5-7)9(13)6-11-15-3-4-16-11/h1-5,9H,6H2,(H,15,16). The largest absolute Gasteiger partial charge is 0.349 e. The van der Waals surface area contributed by atoms with Crippen molar-refractivity contribution in [3.63, 3.8) is 0 Å². The SMILES string of the molecule is Fc1cc(Cl)ccc1C(Cl)Cc1ncc[nH]1. The molecule has 0 saturated heterocycles. The molecule has 1 aromatic carbocycles. The predicted molar refractivity (Wildman–Crippen MR) is 62.3 cm³/mol. The number of benzene rings is 1. The highest BCUT2D eigenvalue weighted by molar-refractivity contribution is 6.30. The highest BCUT2D eigenvalue weighted by atomic mass is 35.5. The Labute approximate surface area is 102 Å². The molecule has 1 heterocycles. The lowest BCUT2D eigenvalue weighted by Gasteiger charge is -2.09. The minimum atomic E-state index is -0.455. The summed E-state index contributed by atoms with van der Waals surface area (Å²) >= 11 is 11.8. The molecule has 0 fully saturated rings. The average molecular weight is 259 g/mol. The molecule has 0 amide bonds. The lowest BCUT2D eigenvalue weighted by Crippen LogP contribution is -2.00. The van der Waals surface area contributed by atoms with Crippen LogP contribution in [0.25, 0.3) is 0 Å². The lowest BCUT2D eigenvalue weighted by atomic mass is 10.1. The molecule has 16 heavy (non-hydrogen) atoms. The van der Waals surface area contributed by atoms with E-state index in [1.54, 1.807) is 24.5 Å². The van der Waals surface area contributed by atoms with Crippen LogP contribution < -0.4 is 0 Å². The normalized spacial score (nSPS) is 12.7. The number of rotatable bonds is 3. The van der Waals surface area contributed by atoms with Gasteiger partial charge in [-0.2, -0.15) is 0 Å². The summed E-state index contributed by atoms with van der Waals surface area (Å²) in [6, 6.07) is 4.48. The molecule has 1 N–H and O–H groups in total. The number of nitrogens with one attached hydrogen (secondary N) is 1. The van der Waals surface area contributed by atoms with Crippen LogP contribution in [0.4, 0.5) is 4.39 Å². The van der Waals surface area contributed by atoms with E-state index in [2.05, 4.69) is 9.97 Å². The van der Waals surface area contributed by atoms with Crippen molar-refractivity contribution in [1.82, 2.24) is 9.97 Å². The summed E-state index contributed by atoms with van der Waals surface area (Å²) < 4.78 is 13.5. The Morgan fingerprint density at radius 1 is 1.44 bits per heavy atom. The first-order valence-corrected chi connectivity index (χ1v) is 5.55. The Morgan fingerprint density at radius 3 is 2.88 bits per heavy atom. The first-order valence-electron chi connectivity index (χ1n) is 4.74. The maximum absolute atomic E-state index is 13.5. The minimum Gasteiger partial charge on any atom is -0.349 e. The van der Waals surface area contributed by atoms with Crippen LogP contribution in [0.15, 0.2) is 30.6 Å². The first-order chi connectivity index (χ1) is 7.66. The Hall–Kier alpha value is -1.06.